The Morgan fingerprint density at radius 1 is 0.902 bits per heavy atom. The lowest BCUT2D eigenvalue weighted by atomic mass is 9.91. The van der Waals surface area contributed by atoms with Crippen molar-refractivity contribution in [3.05, 3.63) is 83.4 Å². The van der Waals surface area contributed by atoms with Gasteiger partial charge >= 0.3 is 5.97 Å². The van der Waals surface area contributed by atoms with Gasteiger partial charge in [0.1, 0.15) is 11.5 Å². The molecule has 7 heteroatoms. The van der Waals surface area contributed by atoms with Crippen molar-refractivity contribution in [1.29, 1.82) is 0 Å². The van der Waals surface area contributed by atoms with Crippen LogP contribution in [0, 0.1) is 11.8 Å². The number of anilines is 2. The molecule has 0 spiro atoms. The SMILES string of the molecule is COc1ccc(C(=O)N2CCc3ccccc32)c(N2CCC(COc3cccc(C(CC(=O)O)C4CC4)c3)CC2)c1. The molecular weight excluding hydrogens is 516 g/mol. The second-order valence-corrected chi connectivity index (χ2v) is 11.6. The van der Waals surface area contributed by atoms with Crippen molar-refractivity contribution in [2.24, 2.45) is 11.8 Å². The fourth-order valence-corrected chi connectivity index (χ4v) is 6.41. The molecule has 1 amide bonds. The predicted octanol–water partition coefficient (Wildman–Crippen LogP) is 6.16. The molecule has 2 heterocycles. The largest absolute Gasteiger partial charge is 0.497 e. The third kappa shape index (κ3) is 6.04. The number of aliphatic carboxylic acids is 1. The number of carbonyl (C=O) groups excluding carboxylic acids is 1. The number of nitrogens with zero attached hydrogens (tertiary/aromatic N) is 2. The van der Waals surface area contributed by atoms with Crippen LogP contribution in [0.5, 0.6) is 11.5 Å². The first-order valence-corrected chi connectivity index (χ1v) is 14.8. The summed E-state index contributed by atoms with van der Waals surface area (Å²) in [5.74, 6) is 1.79. The van der Waals surface area contributed by atoms with Gasteiger partial charge in [-0.15, -0.1) is 0 Å². The summed E-state index contributed by atoms with van der Waals surface area (Å²) in [5, 5.41) is 9.38. The number of carboxylic acid groups (broad SMARTS) is 1. The number of rotatable bonds is 10. The minimum atomic E-state index is -0.744. The van der Waals surface area contributed by atoms with E-state index in [9.17, 15) is 14.7 Å². The van der Waals surface area contributed by atoms with E-state index in [1.54, 1.807) is 7.11 Å². The van der Waals surface area contributed by atoms with Crippen LogP contribution in [0.1, 0.15) is 59.5 Å². The van der Waals surface area contributed by atoms with Crippen LogP contribution in [0.3, 0.4) is 0 Å². The van der Waals surface area contributed by atoms with E-state index in [-0.39, 0.29) is 18.2 Å². The van der Waals surface area contributed by atoms with Gasteiger partial charge in [-0.05, 0) is 91.3 Å². The van der Waals surface area contributed by atoms with Crippen molar-refractivity contribution in [3.8, 4) is 11.5 Å². The number of fused-ring (bicyclic) bond motifs is 1. The number of benzene rings is 3. The number of hydrogen-bond donors (Lipinski definition) is 1. The van der Waals surface area contributed by atoms with E-state index in [0.717, 1.165) is 73.6 Å². The van der Waals surface area contributed by atoms with Crippen LogP contribution in [-0.2, 0) is 11.2 Å². The molecule has 0 aromatic heterocycles. The Morgan fingerprint density at radius 3 is 2.46 bits per heavy atom. The summed E-state index contributed by atoms with van der Waals surface area (Å²) in [6, 6.07) is 21.9. The highest BCUT2D eigenvalue weighted by Crippen LogP contribution is 2.45. The minimum absolute atomic E-state index is 0.0327. The summed E-state index contributed by atoms with van der Waals surface area (Å²) in [5.41, 5.74) is 4.92. The van der Waals surface area contributed by atoms with Gasteiger partial charge < -0.3 is 24.4 Å². The summed E-state index contributed by atoms with van der Waals surface area (Å²) < 4.78 is 11.8. The molecule has 214 valence electrons. The second-order valence-electron chi connectivity index (χ2n) is 11.6. The molecule has 0 bridgehead atoms. The lowest BCUT2D eigenvalue weighted by Crippen LogP contribution is -2.37. The minimum Gasteiger partial charge on any atom is -0.497 e. The molecule has 1 aliphatic carbocycles. The van der Waals surface area contributed by atoms with Crippen LogP contribution in [0.15, 0.2) is 66.7 Å². The Kier molecular flexibility index (Phi) is 7.86. The highest BCUT2D eigenvalue weighted by Gasteiger charge is 2.34. The van der Waals surface area contributed by atoms with Gasteiger partial charge in [-0.1, -0.05) is 30.3 Å². The third-order valence-corrected chi connectivity index (χ3v) is 8.88. The zero-order chi connectivity index (χ0) is 28.3. The van der Waals surface area contributed by atoms with Crippen molar-refractivity contribution in [2.75, 3.05) is 43.2 Å². The molecule has 1 saturated carbocycles. The molecule has 6 rings (SSSR count). The molecule has 2 fully saturated rings. The zero-order valence-electron chi connectivity index (χ0n) is 23.6. The van der Waals surface area contributed by atoms with Crippen LogP contribution in [-0.4, -0.2) is 50.3 Å². The Bertz CT molecular complexity index is 1410. The fraction of sp³-hybridized carbons (Fsp3) is 0.412. The monoisotopic (exact) mass is 554 g/mol. The van der Waals surface area contributed by atoms with Gasteiger partial charge in [-0.2, -0.15) is 0 Å². The normalized spacial score (nSPS) is 17.7. The second kappa shape index (κ2) is 11.9. The summed E-state index contributed by atoms with van der Waals surface area (Å²) in [6.45, 7) is 2.99. The van der Waals surface area contributed by atoms with E-state index in [4.69, 9.17) is 9.47 Å². The number of para-hydroxylation sites is 1. The molecule has 3 aromatic rings. The highest BCUT2D eigenvalue weighted by molar-refractivity contribution is 6.10. The maximum atomic E-state index is 13.8. The predicted molar refractivity (Wildman–Crippen MR) is 159 cm³/mol. The van der Waals surface area contributed by atoms with Gasteiger partial charge in [0.25, 0.3) is 5.91 Å². The number of carboxylic acids is 1. The first-order chi connectivity index (χ1) is 20.0. The molecular formula is C34H38N2O5. The first-order valence-electron chi connectivity index (χ1n) is 14.8. The van der Waals surface area contributed by atoms with Crippen LogP contribution in [0.2, 0.25) is 0 Å². The van der Waals surface area contributed by atoms with Crippen molar-refractivity contribution < 1.29 is 24.2 Å². The van der Waals surface area contributed by atoms with Gasteiger partial charge in [0.05, 0.1) is 31.4 Å². The number of amides is 1. The number of hydrogen-bond acceptors (Lipinski definition) is 5. The van der Waals surface area contributed by atoms with E-state index in [2.05, 4.69) is 11.0 Å². The first kappa shape index (κ1) is 27.2. The summed E-state index contributed by atoms with van der Waals surface area (Å²) in [6.07, 6.45) is 5.18. The van der Waals surface area contributed by atoms with Gasteiger partial charge in [0.2, 0.25) is 0 Å². The average molecular weight is 555 g/mol. The van der Waals surface area contributed by atoms with E-state index >= 15 is 0 Å². The van der Waals surface area contributed by atoms with Crippen molar-refractivity contribution in [1.82, 2.24) is 0 Å². The zero-order valence-corrected chi connectivity index (χ0v) is 23.6. The molecule has 0 radical (unpaired) electrons. The summed E-state index contributed by atoms with van der Waals surface area (Å²) >= 11 is 0. The highest BCUT2D eigenvalue weighted by atomic mass is 16.5. The van der Waals surface area contributed by atoms with Crippen LogP contribution in [0.4, 0.5) is 11.4 Å². The summed E-state index contributed by atoms with van der Waals surface area (Å²) in [7, 11) is 1.66. The third-order valence-electron chi connectivity index (χ3n) is 8.88. The van der Waals surface area contributed by atoms with Gasteiger partial charge in [-0.25, -0.2) is 0 Å². The van der Waals surface area contributed by atoms with E-state index < -0.39 is 5.97 Å². The van der Waals surface area contributed by atoms with Gasteiger partial charge in [0.15, 0.2) is 0 Å². The standard InChI is InChI=1S/C34H38N2O5/c1-40-27-11-12-29(34(39)36-18-15-25-5-2-3-8-31(25)36)32(20-27)35-16-13-23(14-17-35)22-41-28-7-4-6-26(19-28)30(21-33(37)38)24-9-10-24/h2-8,11-12,19-20,23-24,30H,9-10,13-18,21-22H2,1H3,(H,37,38). The molecule has 3 aromatic carbocycles. The molecule has 1 unspecified atom stereocenters. The molecule has 7 nitrogen and oxygen atoms in total. The molecule has 1 N–H and O–H groups in total. The number of carbonyl (C=O) groups is 2. The lowest BCUT2D eigenvalue weighted by molar-refractivity contribution is -0.137. The Balaban J connectivity index is 1.10. The smallest absolute Gasteiger partial charge is 0.303 e. The van der Waals surface area contributed by atoms with Crippen molar-refractivity contribution >= 4 is 23.3 Å². The Morgan fingerprint density at radius 2 is 1.71 bits per heavy atom. The topological polar surface area (TPSA) is 79.3 Å². The van der Waals surface area contributed by atoms with Crippen LogP contribution >= 0.6 is 0 Å². The van der Waals surface area contributed by atoms with E-state index in [1.807, 2.05) is 65.6 Å². The van der Waals surface area contributed by atoms with Gasteiger partial charge in [-0.3, -0.25) is 9.59 Å². The lowest BCUT2D eigenvalue weighted by Gasteiger charge is -2.35. The van der Waals surface area contributed by atoms with Crippen LogP contribution in [0.25, 0.3) is 0 Å². The number of methoxy groups -OCH3 is 1. The molecule has 1 atom stereocenters. The van der Waals surface area contributed by atoms with E-state index in [0.29, 0.717) is 30.6 Å². The van der Waals surface area contributed by atoms with Crippen LogP contribution < -0.4 is 19.3 Å². The van der Waals surface area contributed by atoms with E-state index in [1.165, 1.54) is 5.56 Å². The Hall–Kier alpha value is -4.00. The molecule has 1 saturated heterocycles. The average Bonchev–Trinajstić information content (AvgIpc) is 3.76. The molecule has 41 heavy (non-hydrogen) atoms. The maximum Gasteiger partial charge on any atom is 0.303 e. The molecule has 2 aliphatic heterocycles. The molecule has 3 aliphatic rings. The van der Waals surface area contributed by atoms with Gasteiger partial charge in [0, 0.05) is 31.4 Å². The number of piperidine rings is 1. The number of ether oxygens (including phenoxy) is 2. The summed E-state index contributed by atoms with van der Waals surface area (Å²) in [4.78, 5) is 29.4. The Labute approximate surface area is 241 Å². The quantitative estimate of drug-likeness (QED) is 0.323. The van der Waals surface area contributed by atoms with Crippen molar-refractivity contribution in [3.63, 3.8) is 0 Å². The fourth-order valence-electron chi connectivity index (χ4n) is 6.41. The van der Waals surface area contributed by atoms with Crippen molar-refractivity contribution in [2.45, 2.75) is 44.4 Å². The maximum absolute atomic E-state index is 13.8.